The summed E-state index contributed by atoms with van der Waals surface area (Å²) >= 11 is 3.73. The highest BCUT2D eigenvalue weighted by atomic mass is 79.9. The van der Waals surface area contributed by atoms with Crippen LogP contribution in [-0.2, 0) is 0 Å². The molecule has 0 amide bonds. The van der Waals surface area contributed by atoms with Crippen LogP contribution in [0.25, 0.3) is 0 Å². The van der Waals surface area contributed by atoms with Gasteiger partial charge in [-0.3, -0.25) is 0 Å². The molecule has 0 atom stereocenters. The second kappa shape index (κ2) is 5.18. The Bertz CT molecular complexity index is 195. The van der Waals surface area contributed by atoms with E-state index in [0.717, 1.165) is 5.92 Å². The molecular weight excluding hydrogens is 250 g/mol. The van der Waals surface area contributed by atoms with Crippen molar-refractivity contribution < 1.29 is 0 Å². The Hall–Kier alpha value is 0.440. The van der Waals surface area contributed by atoms with Gasteiger partial charge < -0.3 is 4.90 Å². The Kier molecular flexibility index (Phi) is 4.11. The molecule has 0 unspecified atom stereocenters. The molecule has 0 aromatic carbocycles. The molecule has 0 saturated heterocycles. The fourth-order valence-electron chi connectivity index (χ4n) is 3.21. The largest absolute Gasteiger partial charge is 0.306 e. The predicted molar refractivity (Wildman–Crippen MR) is 69.5 cm³/mol. The van der Waals surface area contributed by atoms with Crippen LogP contribution in [0.5, 0.6) is 0 Å². The van der Waals surface area contributed by atoms with Gasteiger partial charge in [-0.15, -0.1) is 0 Å². The third-order valence-electron chi connectivity index (χ3n) is 4.35. The number of alkyl halides is 1. The number of hydrogen-bond acceptors (Lipinski definition) is 1. The quantitative estimate of drug-likeness (QED) is 0.691. The van der Waals surface area contributed by atoms with Gasteiger partial charge in [-0.25, -0.2) is 0 Å². The molecule has 0 spiro atoms. The molecule has 0 aliphatic heterocycles. The zero-order valence-electron chi connectivity index (χ0n) is 9.97. The van der Waals surface area contributed by atoms with Crippen LogP contribution in [0.4, 0.5) is 0 Å². The first-order valence-electron chi connectivity index (χ1n) is 6.49. The van der Waals surface area contributed by atoms with Gasteiger partial charge in [-0.05, 0) is 44.1 Å². The van der Waals surface area contributed by atoms with Crippen LogP contribution in [-0.4, -0.2) is 30.4 Å². The molecule has 2 heteroatoms. The summed E-state index contributed by atoms with van der Waals surface area (Å²) in [5.74, 6) is 1.02. The Morgan fingerprint density at radius 2 is 1.87 bits per heavy atom. The van der Waals surface area contributed by atoms with Crippen molar-refractivity contribution in [2.75, 3.05) is 25.5 Å². The first-order chi connectivity index (χ1) is 7.24. The Morgan fingerprint density at radius 3 is 2.33 bits per heavy atom. The summed E-state index contributed by atoms with van der Waals surface area (Å²) < 4.78 is 0. The summed E-state index contributed by atoms with van der Waals surface area (Å²) in [5, 5.41) is 1.20. The lowest BCUT2D eigenvalue weighted by atomic mass is 9.84. The minimum Gasteiger partial charge on any atom is -0.306 e. The molecule has 2 aliphatic carbocycles. The van der Waals surface area contributed by atoms with E-state index < -0.39 is 0 Å². The van der Waals surface area contributed by atoms with E-state index in [1.807, 2.05) is 0 Å². The van der Waals surface area contributed by atoms with E-state index in [-0.39, 0.29) is 0 Å². The molecule has 0 N–H and O–H groups in total. The standard InChI is InChI=1S/C13H24BrN/c1-15(9-12-5-4-6-12)11-13(10-14)7-2-3-8-13/h12H,2-11H2,1H3. The summed E-state index contributed by atoms with van der Waals surface area (Å²) in [4.78, 5) is 2.59. The Labute approximate surface area is 103 Å². The van der Waals surface area contributed by atoms with E-state index >= 15 is 0 Å². The van der Waals surface area contributed by atoms with Gasteiger partial charge in [0.25, 0.3) is 0 Å². The molecule has 2 rings (SSSR count). The third kappa shape index (κ3) is 2.97. The SMILES string of the molecule is CN(CC1CCC1)CC1(CBr)CCCC1. The third-order valence-corrected chi connectivity index (χ3v) is 5.54. The number of nitrogens with zero attached hydrogens (tertiary/aromatic N) is 1. The zero-order valence-corrected chi connectivity index (χ0v) is 11.6. The molecule has 0 heterocycles. The van der Waals surface area contributed by atoms with Crippen LogP contribution < -0.4 is 0 Å². The minimum atomic E-state index is 0.610. The first kappa shape index (κ1) is 11.9. The minimum absolute atomic E-state index is 0.610. The zero-order chi connectivity index (χ0) is 10.7. The van der Waals surface area contributed by atoms with Crippen molar-refractivity contribution in [1.82, 2.24) is 4.90 Å². The maximum atomic E-state index is 3.73. The van der Waals surface area contributed by atoms with E-state index in [1.54, 1.807) is 0 Å². The molecule has 0 aromatic rings. The highest BCUT2D eigenvalue weighted by molar-refractivity contribution is 9.09. The average molecular weight is 274 g/mol. The van der Waals surface area contributed by atoms with Gasteiger partial charge in [-0.2, -0.15) is 0 Å². The maximum Gasteiger partial charge on any atom is 0.0100 e. The van der Waals surface area contributed by atoms with Crippen LogP contribution in [0.2, 0.25) is 0 Å². The second-order valence-electron chi connectivity index (χ2n) is 5.83. The molecule has 2 saturated carbocycles. The average Bonchev–Trinajstić information content (AvgIpc) is 2.61. The summed E-state index contributed by atoms with van der Waals surface area (Å²) in [7, 11) is 2.32. The van der Waals surface area contributed by atoms with E-state index in [2.05, 4.69) is 27.9 Å². The highest BCUT2D eigenvalue weighted by Crippen LogP contribution is 2.40. The van der Waals surface area contributed by atoms with Gasteiger partial charge in [0.05, 0.1) is 0 Å². The lowest BCUT2D eigenvalue weighted by Crippen LogP contribution is -2.38. The van der Waals surface area contributed by atoms with Gasteiger partial charge in [0, 0.05) is 18.4 Å². The monoisotopic (exact) mass is 273 g/mol. The smallest absolute Gasteiger partial charge is 0.0100 e. The fourth-order valence-corrected chi connectivity index (χ4v) is 3.95. The number of rotatable bonds is 5. The molecule has 2 aliphatic rings. The van der Waals surface area contributed by atoms with Crippen molar-refractivity contribution in [1.29, 1.82) is 0 Å². The molecule has 0 radical (unpaired) electrons. The predicted octanol–water partition coefficient (Wildman–Crippen LogP) is 3.67. The second-order valence-corrected chi connectivity index (χ2v) is 6.40. The van der Waals surface area contributed by atoms with Gasteiger partial charge in [0.2, 0.25) is 0 Å². The van der Waals surface area contributed by atoms with Crippen molar-refractivity contribution in [2.24, 2.45) is 11.3 Å². The maximum absolute atomic E-state index is 3.73. The van der Waals surface area contributed by atoms with Crippen molar-refractivity contribution in [2.45, 2.75) is 44.9 Å². The number of hydrogen-bond donors (Lipinski definition) is 0. The normalized spacial score (nSPS) is 25.8. The van der Waals surface area contributed by atoms with E-state index in [0.29, 0.717) is 5.41 Å². The lowest BCUT2D eigenvalue weighted by molar-refractivity contribution is 0.150. The van der Waals surface area contributed by atoms with E-state index in [1.165, 1.54) is 63.4 Å². The topological polar surface area (TPSA) is 3.24 Å². The highest BCUT2D eigenvalue weighted by Gasteiger charge is 2.34. The van der Waals surface area contributed by atoms with Crippen LogP contribution in [0.15, 0.2) is 0 Å². The van der Waals surface area contributed by atoms with Crippen molar-refractivity contribution in [3.05, 3.63) is 0 Å². The summed E-state index contributed by atoms with van der Waals surface area (Å²) in [6.45, 7) is 2.66. The molecule has 88 valence electrons. The van der Waals surface area contributed by atoms with Crippen LogP contribution in [0.1, 0.15) is 44.9 Å². The van der Waals surface area contributed by atoms with Crippen molar-refractivity contribution in [3.8, 4) is 0 Å². The molecule has 0 aromatic heterocycles. The molecular formula is C13H24BrN. The van der Waals surface area contributed by atoms with E-state index in [4.69, 9.17) is 0 Å². The molecule has 2 fully saturated rings. The van der Waals surface area contributed by atoms with Crippen molar-refractivity contribution in [3.63, 3.8) is 0 Å². The Balaban J connectivity index is 1.77. The summed E-state index contributed by atoms with van der Waals surface area (Å²) in [6.07, 6.45) is 10.2. The van der Waals surface area contributed by atoms with Gasteiger partial charge in [-0.1, -0.05) is 35.2 Å². The molecule has 15 heavy (non-hydrogen) atoms. The molecule has 0 bridgehead atoms. The molecule has 1 nitrogen and oxygen atoms in total. The van der Waals surface area contributed by atoms with Gasteiger partial charge in [0.15, 0.2) is 0 Å². The fraction of sp³-hybridized carbons (Fsp3) is 1.00. The first-order valence-corrected chi connectivity index (χ1v) is 7.61. The van der Waals surface area contributed by atoms with Crippen molar-refractivity contribution >= 4 is 15.9 Å². The lowest BCUT2D eigenvalue weighted by Gasteiger charge is -2.36. The van der Waals surface area contributed by atoms with E-state index in [9.17, 15) is 0 Å². The van der Waals surface area contributed by atoms with Crippen LogP contribution in [0, 0.1) is 11.3 Å². The summed E-state index contributed by atoms with van der Waals surface area (Å²) in [5.41, 5.74) is 0.610. The number of halogens is 1. The van der Waals surface area contributed by atoms with Gasteiger partial charge in [0.1, 0.15) is 0 Å². The summed E-state index contributed by atoms with van der Waals surface area (Å²) in [6, 6.07) is 0. The van der Waals surface area contributed by atoms with Gasteiger partial charge >= 0.3 is 0 Å². The van der Waals surface area contributed by atoms with Crippen LogP contribution in [0.3, 0.4) is 0 Å². The Morgan fingerprint density at radius 1 is 1.20 bits per heavy atom. The van der Waals surface area contributed by atoms with Crippen LogP contribution >= 0.6 is 15.9 Å².